The van der Waals surface area contributed by atoms with Crippen molar-refractivity contribution >= 4 is 0 Å². The van der Waals surface area contributed by atoms with Gasteiger partial charge in [0.25, 0.3) is 0 Å². The first kappa shape index (κ1) is 15.8. The van der Waals surface area contributed by atoms with Crippen molar-refractivity contribution in [3.63, 3.8) is 0 Å². The molecule has 1 aliphatic heterocycles. The minimum atomic E-state index is 0.483. The van der Waals surface area contributed by atoms with E-state index in [0.717, 1.165) is 0 Å². The normalized spacial score (nSPS) is 28.4. The Hall–Kier alpha value is -0.0800. The van der Waals surface area contributed by atoms with Crippen molar-refractivity contribution in [1.29, 1.82) is 0 Å². The minimum absolute atomic E-state index is 0.483. The summed E-state index contributed by atoms with van der Waals surface area (Å²) in [6.45, 7) is 6.31. The molecular formula is C19H36N2. The first-order chi connectivity index (χ1) is 10.3. The summed E-state index contributed by atoms with van der Waals surface area (Å²) in [5.41, 5.74) is 1.02. The summed E-state index contributed by atoms with van der Waals surface area (Å²) >= 11 is 0. The molecule has 0 radical (unpaired) electrons. The highest BCUT2D eigenvalue weighted by atomic mass is 15.3. The lowest BCUT2D eigenvalue weighted by Crippen LogP contribution is -2.69. The third-order valence-electron chi connectivity index (χ3n) is 6.58. The van der Waals surface area contributed by atoms with Crippen LogP contribution >= 0.6 is 0 Å². The van der Waals surface area contributed by atoms with Gasteiger partial charge in [-0.15, -0.1) is 0 Å². The van der Waals surface area contributed by atoms with Gasteiger partial charge in [0.2, 0.25) is 0 Å². The fraction of sp³-hybridized carbons (Fsp3) is 1.00. The van der Waals surface area contributed by atoms with E-state index in [0.29, 0.717) is 11.1 Å². The van der Waals surface area contributed by atoms with Gasteiger partial charge < -0.3 is 5.32 Å². The fourth-order valence-corrected chi connectivity index (χ4v) is 5.19. The molecule has 2 spiro atoms. The van der Waals surface area contributed by atoms with E-state index in [2.05, 4.69) is 17.1 Å². The number of hydrogen-bond acceptors (Lipinski definition) is 2. The predicted octanol–water partition coefficient (Wildman–Crippen LogP) is 4.49. The lowest BCUT2D eigenvalue weighted by Gasteiger charge is -2.55. The maximum absolute atomic E-state index is 4.06. The molecule has 0 atom stereocenters. The number of rotatable bonds is 5. The van der Waals surface area contributed by atoms with E-state index < -0.39 is 0 Å². The van der Waals surface area contributed by atoms with Crippen LogP contribution in [-0.2, 0) is 0 Å². The zero-order valence-corrected chi connectivity index (χ0v) is 14.3. The summed E-state index contributed by atoms with van der Waals surface area (Å²) in [4.78, 5) is 2.96. The third kappa shape index (κ3) is 3.47. The summed E-state index contributed by atoms with van der Waals surface area (Å²) in [6.07, 6.45) is 18.7. The van der Waals surface area contributed by atoms with Crippen LogP contribution in [0.2, 0.25) is 0 Å². The summed E-state index contributed by atoms with van der Waals surface area (Å²) in [5, 5.41) is 4.06. The van der Waals surface area contributed by atoms with E-state index in [1.165, 1.54) is 103 Å². The molecule has 2 heteroatoms. The number of piperazine rings is 1. The topological polar surface area (TPSA) is 15.3 Å². The van der Waals surface area contributed by atoms with Gasteiger partial charge in [0.15, 0.2) is 0 Å². The molecule has 122 valence electrons. The Morgan fingerprint density at radius 3 is 2.29 bits per heavy atom. The van der Waals surface area contributed by atoms with E-state index in [4.69, 9.17) is 0 Å². The smallest absolute Gasteiger partial charge is 0.0334 e. The van der Waals surface area contributed by atoms with Crippen LogP contribution in [0.3, 0.4) is 0 Å². The Kier molecular flexibility index (Phi) is 5.27. The third-order valence-corrected chi connectivity index (χ3v) is 6.58. The molecule has 3 aliphatic rings. The standard InChI is InChI=1S/C19H36N2/c1-2-3-4-10-15-21-17-18(11-6-5-7-12-18)20-16-19(21)13-8-9-14-19/h20H,2-17H2,1H3. The van der Waals surface area contributed by atoms with E-state index in [1.54, 1.807) is 0 Å². The molecular weight excluding hydrogens is 256 g/mol. The van der Waals surface area contributed by atoms with Crippen LogP contribution in [0.4, 0.5) is 0 Å². The number of hydrogen-bond donors (Lipinski definition) is 1. The van der Waals surface area contributed by atoms with Gasteiger partial charge in [0.1, 0.15) is 0 Å². The zero-order valence-electron chi connectivity index (χ0n) is 14.3. The molecule has 1 heterocycles. The average molecular weight is 293 g/mol. The Bertz CT molecular complexity index is 314. The van der Waals surface area contributed by atoms with Crippen LogP contribution in [0.15, 0.2) is 0 Å². The molecule has 1 N–H and O–H groups in total. The molecule has 3 fully saturated rings. The van der Waals surface area contributed by atoms with Gasteiger partial charge >= 0.3 is 0 Å². The molecule has 0 aromatic carbocycles. The summed E-state index contributed by atoms with van der Waals surface area (Å²) in [6, 6.07) is 0. The number of nitrogens with one attached hydrogen (secondary N) is 1. The first-order valence-corrected chi connectivity index (χ1v) is 9.79. The number of nitrogens with zero attached hydrogens (tertiary/aromatic N) is 1. The van der Waals surface area contributed by atoms with Crippen LogP contribution in [0.1, 0.15) is 90.4 Å². The molecule has 0 amide bonds. The lowest BCUT2D eigenvalue weighted by molar-refractivity contribution is -0.00687. The van der Waals surface area contributed by atoms with Gasteiger partial charge in [-0.1, -0.05) is 58.3 Å². The highest BCUT2D eigenvalue weighted by Gasteiger charge is 2.48. The average Bonchev–Trinajstić information content (AvgIpc) is 2.98. The molecule has 3 rings (SSSR count). The van der Waals surface area contributed by atoms with Gasteiger partial charge in [-0.2, -0.15) is 0 Å². The molecule has 2 aliphatic carbocycles. The highest BCUT2D eigenvalue weighted by Crippen LogP contribution is 2.42. The maximum atomic E-state index is 4.06. The van der Waals surface area contributed by atoms with Gasteiger partial charge in [-0.3, -0.25) is 4.90 Å². The Balaban J connectivity index is 1.63. The summed E-state index contributed by atoms with van der Waals surface area (Å²) < 4.78 is 0. The van der Waals surface area contributed by atoms with Crippen LogP contribution in [-0.4, -0.2) is 35.6 Å². The summed E-state index contributed by atoms with van der Waals surface area (Å²) in [5.74, 6) is 0. The van der Waals surface area contributed by atoms with Gasteiger partial charge in [0, 0.05) is 24.2 Å². The molecule has 2 saturated carbocycles. The molecule has 0 aromatic rings. The van der Waals surface area contributed by atoms with Gasteiger partial charge in [-0.05, 0) is 38.6 Å². The minimum Gasteiger partial charge on any atom is -0.308 e. The van der Waals surface area contributed by atoms with Crippen molar-refractivity contribution in [2.24, 2.45) is 0 Å². The second-order valence-electron chi connectivity index (χ2n) is 8.11. The van der Waals surface area contributed by atoms with Crippen LogP contribution in [0.25, 0.3) is 0 Å². The van der Waals surface area contributed by atoms with Gasteiger partial charge in [0.05, 0.1) is 0 Å². The fourth-order valence-electron chi connectivity index (χ4n) is 5.19. The molecule has 0 aromatic heterocycles. The monoisotopic (exact) mass is 292 g/mol. The van der Waals surface area contributed by atoms with Crippen LogP contribution < -0.4 is 5.32 Å². The van der Waals surface area contributed by atoms with Crippen molar-refractivity contribution < 1.29 is 0 Å². The molecule has 2 nitrogen and oxygen atoms in total. The summed E-state index contributed by atoms with van der Waals surface area (Å²) in [7, 11) is 0. The Labute approximate surface area is 132 Å². The van der Waals surface area contributed by atoms with E-state index >= 15 is 0 Å². The second-order valence-corrected chi connectivity index (χ2v) is 8.11. The number of unbranched alkanes of at least 4 members (excludes halogenated alkanes) is 3. The molecule has 21 heavy (non-hydrogen) atoms. The molecule has 0 unspecified atom stereocenters. The SMILES string of the molecule is CCCCCCN1CC2(CCCCC2)NCC12CCCC2. The molecule has 1 saturated heterocycles. The van der Waals surface area contributed by atoms with E-state index in [-0.39, 0.29) is 0 Å². The zero-order chi connectivity index (χ0) is 14.6. The second kappa shape index (κ2) is 7.00. The van der Waals surface area contributed by atoms with Crippen LogP contribution in [0, 0.1) is 0 Å². The van der Waals surface area contributed by atoms with E-state index in [1.807, 2.05) is 0 Å². The Morgan fingerprint density at radius 2 is 1.57 bits per heavy atom. The predicted molar refractivity (Wildman–Crippen MR) is 90.7 cm³/mol. The van der Waals surface area contributed by atoms with Crippen molar-refractivity contribution in [3.05, 3.63) is 0 Å². The van der Waals surface area contributed by atoms with Crippen LogP contribution in [0.5, 0.6) is 0 Å². The largest absolute Gasteiger partial charge is 0.308 e. The molecule has 0 bridgehead atoms. The van der Waals surface area contributed by atoms with Crippen molar-refractivity contribution in [1.82, 2.24) is 10.2 Å². The van der Waals surface area contributed by atoms with Crippen molar-refractivity contribution in [3.8, 4) is 0 Å². The highest BCUT2D eigenvalue weighted by molar-refractivity contribution is 5.07. The van der Waals surface area contributed by atoms with Crippen molar-refractivity contribution in [2.45, 2.75) is 101 Å². The Morgan fingerprint density at radius 1 is 0.857 bits per heavy atom. The first-order valence-electron chi connectivity index (χ1n) is 9.79. The maximum Gasteiger partial charge on any atom is 0.0334 e. The van der Waals surface area contributed by atoms with E-state index in [9.17, 15) is 0 Å². The van der Waals surface area contributed by atoms with Gasteiger partial charge in [-0.25, -0.2) is 0 Å². The quantitative estimate of drug-likeness (QED) is 0.751. The van der Waals surface area contributed by atoms with Crippen molar-refractivity contribution in [2.75, 3.05) is 19.6 Å². The lowest BCUT2D eigenvalue weighted by atomic mass is 9.76.